The van der Waals surface area contributed by atoms with Gasteiger partial charge in [-0.05, 0) is 36.8 Å². The highest BCUT2D eigenvalue weighted by Crippen LogP contribution is 2.31. The van der Waals surface area contributed by atoms with Crippen molar-refractivity contribution < 1.29 is 0 Å². The molecule has 0 saturated carbocycles. The Hall–Kier alpha value is -3.63. The number of rotatable bonds is 2. The first-order valence-electron chi connectivity index (χ1n) is 7.40. The molecule has 2 aromatic carbocycles. The van der Waals surface area contributed by atoms with E-state index in [9.17, 15) is 5.26 Å². The van der Waals surface area contributed by atoms with Gasteiger partial charge in [-0.2, -0.15) is 10.5 Å². The fourth-order valence-electron chi connectivity index (χ4n) is 2.59. The van der Waals surface area contributed by atoms with Crippen molar-refractivity contribution in [2.45, 2.75) is 6.92 Å². The molecule has 24 heavy (non-hydrogen) atoms. The maximum absolute atomic E-state index is 9.44. The average Bonchev–Trinajstić information content (AvgIpc) is 2.61. The summed E-state index contributed by atoms with van der Waals surface area (Å²) in [6.45, 7) is 2.01. The summed E-state index contributed by atoms with van der Waals surface area (Å²) in [6.07, 6.45) is 0. The van der Waals surface area contributed by atoms with E-state index < -0.39 is 0 Å². The van der Waals surface area contributed by atoms with Gasteiger partial charge in [0.05, 0.1) is 17.3 Å². The van der Waals surface area contributed by atoms with Crippen LogP contribution in [0.4, 0.5) is 5.82 Å². The summed E-state index contributed by atoms with van der Waals surface area (Å²) >= 11 is 0. The maximum Gasteiger partial charge on any atom is 0.142 e. The van der Waals surface area contributed by atoms with Crippen LogP contribution in [0.15, 0.2) is 54.6 Å². The number of nitrogen functional groups attached to an aromatic ring is 1. The number of hydrogen-bond acceptors (Lipinski definition) is 4. The first kappa shape index (κ1) is 15.3. The molecule has 0 bridgehead atoms. The van der Waals surface area contributed by atoms with Crippen LogP contribution in [-0.2, 0) is 0 Å². The highest BCUT2D eigenvalue weighted by atomic mass is 14.8. The van der Waals surface area contributed by atoms with Crippen LogP contribution in [0.5, 0.6) is 0 Å². The number of aromatic nitrogens is 1. The molecular weight excluding hydrogens is 296 g/mol. The molecule has 0 spiro atoms. The van der Waals surface area contributed by atoms with Gasteiger partial charge in [-0.15, -0.1) is 0 Å². The maximum atomic E-state index is 9.44. The van der Waals surface area contributed by atoms with Gasteiger partial charge < -0.3 is 5.73 Å². The van der Waals surface area contributed by atoms with Crippen molar-refractivity contribution in [3.63, 3.8) is 0 Å². The highest BCUT2D eigenvalue weighted by molar-refractivity contribution is 5.80. The molecule has 0 atom stereocenters. The molecule has 3 aromatic rings. The molecule has 4 nitrogen and oxygen atoms in total. The molecule has 114 valence electrons. The van der Waals surface area contributed by atoms with E-state index >= 15 is 0 Å². The Morgan fingerprint density at radius 3 is 2.29 bits per heavy atom. The molecule has 1 heterocycles. The van der Waals surface area contributed by atoms with E-state index in [1.807, 2.05) is 49.4 Å². The van der Waals surface area contributed by atoms with Crippen LogP contribution in [0, 0.1) is 29.6 Å². The van der Waals surface area contributed by atoms with Crippen LogP contribution >= 0.6 is 0 Å². The molecule has 0 radical (unpaired) electrons. The lowest BCUT2D eigenvalue weighted by molar-refractivity contribution is 1.30. The zero-order valence-corrected chi connectivity index (χ0v) is 13.1. The largest absolute Gasteiger partial charge is 0.383 e. The minimum atomic E-state index is 0.205. The zero-order valence-electron chi connectivity index (χ0n) is 13.1. The third-order valence-electron chi connectivity index (χ3n) is 3.80. The van der Waals surface area contributed by atoms with Crippen molar-refractivity contribution in [1.29, 1.82) is 10.5 Å². The summed E-state index contributed by atoms with van der Waals surface area (Å²) in [5.41, 5.74) is 11.3. The van der Waals surface area contributed by atoms with E-state index in [1.165, 1.54) is 0 Å². The van der Waals surface area contributed by atoms with Gasteiger partial charge in [0.2, 0.25) is 0 Å². The van der Waals surface area contributed by atoms with Crippen LogP contribution in [0.2, 0.25) is 0 Å². The number of pyridine rings is 1. The van der Waals surface area contributed by atoms with E-state index in [0.29, 0.717) is 16.7 Å². The Kier molecular flexibility index (Phi) is 3.97. The minimum absolute atomic E-state index is 0.205. The second-order valence-corrected chi connectivity index (χ2v) is 5.49. The van der Waals surface area contributed by atoms with Crippen molar-refractivity contribution in [3.8, 4) is 34.5 Å². The Morgan fingerprint density at radius 2 is 1.67 bits per heavy atom. The lowest BCUT2D eigenvalue weighted by Crippen LogP contribution is -2.00. The van der Waals surface area contributed by atoms with Gasteiger partial charge in [-0.3, -0.25) is 0 Å². The molecule has 3 rings (SSSR count). The predicted molar refractivity (Wildman–Crippen MR) is 93.7 cm³/mol. The fraction of sp³-hybridized carbons (Fsp3) is 0.0500. The predicted octanol–water partition coefficient (Wildman–Crippen LogP) is 4.05. The van der Waals surface area contributed by atoms with Crippen molar-refractivity contribution in [2.24, 2.45) is 0 Å². The first-order chi connectivity index (χ1) is 11.6. The Morgan fingerprint density at radius 1 is 0.917 bits per heavy atom. The van der Waals surface area contributed by atoms with Crippen molar-refractivity contribution in [3.05, 3.63) is 71.3 Å². The molecule has 0 aliphatic heterocycles. The number of nitrogens with zero attached hydrogens (tertiary/aromatic N) is 3. The van der Waals surface area contributed by atoms with Crippen LogP contribution in [0.3, 0.4) is 0 Å². The van der Waals surface area contributed by atoms with E-state index in [0.717, 1.165) is 22.4 Å². The molecule has 0 aliphatic carbocycles. The number of nitrogens with two attached hydrogens (primary N) is 1. The van der Waals surface area contributed by atoms with Crippen molar-refractivity contribution in [2.75, 3.05) is 5.73 Å². The first-order valence-corrected chi connectivity index (χ1v) is 7.40. The lowest BCUT2D eigenvalue weighted by Gasteiger charge is -2.10. The molecule has 0 saturated heterocycles. The van der Waals surface area contributed by atoms with Gasteiger partial charge in [-0.25, -0.2) is 4.98 Å². The number of aryl methyl sites for hydroxylation is 1. The molecule has 2 N–H and O–H groups in total. The Labute approximate surface area is 140 Å². The number of nitriles is 2. The van der Waals surface area contributed by atoms with Gasteiger partial charge in [0, 0.05) is 11.1 Å². The molecule has 4 heteroatoms. The summed E-state index contributed by atoms with van der Waals surface area (Å²) < 4.78 is 0. The van der Waals surface area contributed by atoms with E-state index in [4.69, 9.17) is 11.0 Å². The average molecular weight is 310 g/mol. The Bertz CT molecular complexity index is 990. The second-order valence-electron chi connectivity index (χ2n) is 5.49. The molecule has 1 aromatic heterocycles. The summed E-state index contributed by atoms with van der Waals surface area (Å²) in [6, 6.07) is 21.1. The topological polar surface area (TPSA) is 86.5 Å². The minimum Gasteiger partial charge on any atom is -0.383 e. The van der Waals surface area contributed by atoms with Crippen molar-refractivity contribution in [1.82, 2.24) is 4.98 Å². The fourth-order valence-corrected chi connectivity index (χ4v) is 2.59. The monoisotopic (exact) mass is 310 g/mol. The van der Waals surface area contributed by atoms with Crippen LogP contribution < -0.4 is 5.73 Å². The summed E-state index contributed by atoms with van der Waals surface area (Å²) in [4.78, 5) is 4.38. The Balaban J connectivity index is 2.20. The summed E-state index contributed by atoms with van der Waals surface area (Å²) in [5, 5.41) is 18.4. The van der Waals surface area contributed by atoms with Crippen LogP contribution in [0.1, 0.15) is 16.7 Å². The molecule has 0 aliphatic rings. The lowest BCUT2D eigenvalue weighted by atomic mass is 9.97. The third kappa shape index (κ3) is 2.82. The zero-order chi connectivity index (χ0) is 17.1. The van der Waals surface area contributed by atoms with E-state index in [1.54, 1.807) is 12.1 Å². The molecule has 0 fully saturated rings. The van der Waals surface area contributed by atoms with Gasteiger partial charge >= 0.3 is 0 Å². The van der Waals surface area contributed by atoms with Crippen LogP contribution in [0.25, 0.3) is 22.4 Å². The molecule has 0 amide bonds. The SMILES string of the molecule is Cc1cccc(-c2cc(-c3ccc(C#N)cc3)c(C#N)c(N)n2)c1. The summed E-state index contributed by atoms with van der Waals surface area (Å²) in [5.74, 6) is 0.205. The second kappa shape index (κ2) is 6.24. The van der Waals surface area contributed by atoms with Crippen LogP contribution in [-0.4, -0.2) is 4.98 Å². The van der Waals surface area contributed by atoms with Gasteiger partial charge in [0.25, 0.3) is 0 Å². The smallest absolute Gasteiger partial charge is 0.142 e. The quantitative estimate of drug-likeness (QED) is 0.773. The van der Waals surface area contributed by atoms with Crippen molar-refractivity contribution >= 4 is 5.82 Å². The number of benzene rings is 2. The van der Waals surface area contributed by atoms with Gasteiger partial charge in [-0.1, -0.05) is 35.9 Å². The van der Waals surface area contributed by atoms with Gasteiger partial charge in [0.1, 0.15) is 17.5 Å². The van der Waals surface area contributed by atoms with Gasteiger partial charge in [0.15, 0.2) is 0 Å². The third-order valence-corrected chi connectivity index (χ3v) is 3.80. The molecular formula is C20H14N4. The highest BCUT2D eigenvalue weighted by Gasteiger charge is 2.13. The molecule has 0 unspecified atom stereocenters. The number of hydrogen-bond donors (Lipinski definition) is 1. The summed E-state index contributed by atoms with van der Waals surface area (Å²) in [7, 11) is 0. The normalized spacial score (nSPS) is 9.96. The number of anilines is 1. The standard InChI is InChI=1S/C20H14N4/c1-13-3-2-4-16(9-13)19-10-17(18(12-22)20(23)24-19)15-7-5-14(11-21)6-8-15/h2-10H,1H3,(H2,23,24). The van der Waals surface area contributed by atoms with E-state index in [-0.39, 0.29) is 5.82 Å². The van der Waals surface area contributed by atoms with E-state index in [2.05, 4.69) is 17.1 Å².